The molecule has 1 aromatic rings. The molecule has 0 bridgehead atoms. The number of rotatable bonds is 4. The zero-order valence-electron chi connectivity index (χ0n) is 12.8. The highest BCUT2D eigenvalue weighted by molar-refractivity contribution is 7.91. The van der Waals surface area contributed by atoms with Crippen LogP contribution in [0.3, 0.4) is 0 Å². The maximum Gasteiger partial charge on any atom is 0.227 e. The fourth-order valence-electron chi connectivity index (χ4n) is 2.58. The Morgan fingerprint density at radius 2 is 2.18 bits per heavy atom. The van der Waals surface area contributed by atoms with Crippen LogP contribution in [-0.4, -0.2) is 37.8 Å². The number of anilines is 1. The van der Waals surface area contributed by atoms with Crippen LogP contribution in [0.4, 0.5) is 5.69 Å². The molecule has 7 heteroatoms. The minimum absolute atomic E-state index is 0.0308. The zero-order chi connectivity index (χ0) is 16.3. The van der Waals surface area contributed by atoms with Crippen LogP contribution < -0.4 is 10.6 Å². The van der Waals surface area contributed by atoms with Crippen molar-refractivity contribution in [3.05, 3.63) is 18.2 Å². The van der Waals surface area contributed by atoms with Crippen LogP contribution in [0.25, 0.3) is 0 Å². The number of carbonyl (C=O) groups excluding carboxylic acids is 1. The average Bonchev–Trinajstić information content (AvgIpc) is 2.49. The van der Waals surface area contributed by atoms with E-state index in [9.17, 15) is 18.3 Å². The molecule has 1 saturated heterocycles. The van der Waals surface area contributed by atoms with Crippen LogP contribution in [0.15, 0.2) is 23.1 Å². The topological polar surface area (TPSA) is 95.5 Å². The number of hydrogen-bond acceptors (Lipinski definition) is 5. The summed E-state index contributed by atoms with van der Waals surface area (Å²) in [7, 11) is -3.38. The van der Waals surface area contributed by atoms with Crippen molar-refractivity contribution in [3.8, 4) is 5.75 Å². The minimum atomic E-state index is -3.38. The number of carbonyl (C=O) groups is 1. The quantitative estimate of drug-likeness (QED) is 0.729. The van der Waals surface area contributed by atoms with Gasteiger partial charge in [0.2, 0.25) is 5.91 Å². The molecule has 0 saturated carbocycles. The Morgan fingerprint density at radius 1 is 1.45 bits per heavy atom. The van der Waals surface area contributed by atoms with Gasteiger partial charge in [0.05, 0.1) is 16.3 Å². The van der Waals surface area contributed by atoms with Crippen molar-refractivity contribution in [2.45, 2.75) is 37.6 Å². The van der Waals surface area contributed by atoms with E-state index in [4.69, 9.17) is 0 Å². The first-order chi connectivity index (χ1) is 10.3. The molecule has 6 nitrogen and oxygen atoms in total. The highest BCUT2D eigenvalue weighted by atomic mass is 32.2. The number of benzene rings is 1. The second-order valence-corrected chi connectivity index (χ2v) is 7.93. The van der Waals surface area contributed by atoms with Crippen LogP contribution in [0.1, 0.15) is 26.7 Å². The SMILES string of the molecule is CCS(=O)(=O)c1ccc(O)c(NC(=O)[C@H]2CCN[C@@H](C)C2)c1. The van der Waals surface area contributed by atoms with Gasteiger partial charge in [0, 0.05) is 12.0 Å². The molecule has 0 aromatic heterocycles. The first-order valence-corrected chi connectivity index (χ1v) is 9.08. The molecule has 1 aliphatic rings. The molecule has 22 heavy (non-hydrogen) atoms. The van der Waals surface area contributed by atoms with E-state index in [0.717, 1.165) is 19.4 Å². The van der Waals surface area contributed by atoms with Crippen molar-refractivity contribution in [2.24, 2.45) is 5.92 Å². The first kappa shape index (κ1) is 16.8. The molecule has 0 spiro atoms. The van der Waals surface area contributed by atoms with Crippen molar-refractivity contribution >= 4 is 21.4 Å². The molecule has 2 atom stereocenters. The Morgan fingerprint density at radius 3 is 2.82 bits per heavy atom. The Balaban J connectivity index is 2.18. The number of piperidine rings is 1. The third kappa shape index (κ3) is 3.78. The predicted molar refractivity (Wildman–Crippen MR) is 84.7 cm³/mol. The smallest absolute Gasteiger partial charge is 0.227 e. The van der Waals surface area contributed by atoms with Gasteiger partial charge in [0.1, 0.15) is 5.75 Å². The van der Waals surface area contributed by atoms with Gasteiger partial charge in [-0.15, -0.1) is 0 Å². The van der Waals surface area contributed by atoms with Crippen LogP contribution >= 0.6 is 0 Å². The van der Waals surface area contributed by atoms with E-state index in [1.165, 1.54) is 18.2 Å². The maximum absolute atomic E-state index is 12.3. The van der Waals surface area contributed by atoms with E-state index >= 15 is 0 Å². The highest BCUT2D eigenvalue weighted by Gasteiger charge is 2.25. The van der Waals surface area contributed by atoms with E-state index in [2.05, 4.69) is 10.6 Å². The summed E-state index contributed by atoms with van der Waals surface area (Å²) >= 11 is 0. The number of hydrogen-bond donors (Lipinski definition) is 3. The molecular formula is C15H22N2O4S. The van der Waals surface area contributed by atoms with E-state index in [1.54, 1.807) is 6.92 Å². The minimum Gasteiger partial charge on any atom is -0.506 e. The Hall–Kier alpha value is -1.60. The molecule has 122 valence electrons. The van der Waals surface area contributed by atoms with Gasteiger partial charge in [-0.3, -0.25) is 4.79 Å². The van der Waals surface area contributed by atoms with Gasteiger partial charge in [0.15, 0.2) is 9.84 Å². The molecular weight excluding hydrogens is 304 g/mol. The number of phenolic OH excluding ortho intramolecular Hbond substituents is 1. The Kier molecular flexibility index (Phi) is 5.08. The average molecular weight is 326 g/mol. The summed E-state index contributed by atoms with van der Waals surface area (Å²) in [5.74, 6) is -0.487. The van der Waals surface area contributed by atoms with Crippen LogP contribution in [0.2, 0.25) is 0 Å². The molecule has 1 fully saturated rings. The van der Waals surface area contributed by atoms with Gasteiger partial charge >= 0.3 is 0 Å². The van der Waals surface area contributed by atoms with Gasteiger partial charge in [0.25, 0.3) is 0 Å². The molecule has 1 aromatic carbocycles. The molecule has 1 aliphatic heterocycles. The van der Waals surface area contributed by atoms with Crippen LogP contribution in [0, 0.1) is 5.92 Å². The summed E-state index contributed by atoms with van der Waals surface area (Å²) in [5, 5.41) is 15.8. The Bertz CT molecular complexity index is 658. The first-order valence-electron chi connectivity index (χ1n) is 7.43. The fourth-order valence-corrected chi connectivity index (χ4v) is 3.49. The number of amides is 1. The molecule has 0 aliphatic carbocycles. The zero-order valence-corrected chi connectivity index (χ0v) is 13.6. The standard InChI is InChI=1S/C15H22N2O4S/c1-3-22(20,21)12-4-5-14(18)13(9-12)17-15(19)11-6-7-16-10(2)8-11/h4-5,9-11,16,18H,3,6-8H2,1-2H3,(H,17,19)/t10-,11-/m0/s1. The third-order valence-corrected chi connectivity index (χ3v) is 5.69. The summed E-state index contributed by atoms with van der Waals surface area (Å²) in [6.07, 6.45) is 1.45. The van der Waals surface area contributed by atoms with Crippen LogP contribution in [0.5, 0.6) is 5.75 Å². The van der Waals surface area contributed by atoms with E-state index in [-0.39, 0.29) is 40.0 Å². The van der Waals surface area contributed by atoms with E-state index in [0.29, 0.717) is 0 Å². The predicted octanol–water partition coefficient (Wildman–Crippen LogP) is 1.51. The molecule has 2 rings (SSSR count). The lowest BCUT2D eigenvalue weighted by Crippen LogP contribution is -2.40. The van der Waals surface area contributed by atoms with Gasteiger partial charge < -0.3 is 15.7 Å². The van der Waals surface area contributed by atoms with E-state index in [1.807, 2.05) is 6.92 Å². The largest absolute Gasteiger partial charge is 0.506 e. The second kappa shape index (κ2) is 6.66. The van der Waals surface area contributed by atoms with Gasteiger partial charge in [-0.1, -0.05) is 6.92 Å². The lowest BCUT2D eigenvalue weighted by Gasteiger charge is -2.27. The van der Waals surface area contributed by atoms with Gasteiger partial charge in [-0.25, -0.2) is 8.42 Å². The van der Waals surface area contributed by atoms with Gasteiger partial charge in [-0.2, -0.15) is 0 Å². The van der Waals surface area contributed by atoms with Gasteiger partial charge in [-0.05, 0) is 44.5 Å². The number of phenols is 1. The summed E-state index contributed by atoms with van der Waals surface area (Å²) < 4.78 is 23.8. The summed E-state index contributed by atoms with van der Waals surface area (Å²) in [6, 6.07) is 4.22. The summed E-state index contributed by atoms with van der Waals surface area (Å²) in [5.41, 5.74) is 0.144. The number of sulfone groups is 1. The highest BCUT2D eigenvalue weighted by Crippen LogP contribution is 2.28. The maximum atomic E-state index is 12.3. The van der Waals surface area contributed by atoms with Crippen LogP contribution in [-0.2, 0) is 14.6 Å². The summed E-state index contributed by atoms with van der Waals surface area (Å²) in [6.45, 7) is 4.34. The van der Waals surface area contributed by atoms with Crippen molar-refractivity contribution in [2.75, 3.05) is 17.6 Å². The number of aromatic hydroxyl groups is 1. The van der Waals surface area contributed by atoms with Crippen molar-refractivity contribution in [1.29, 1.82) is 0 Å². The monoisotopic (exact) mass is 326 g/mol. The third-order valence-electron chi connectivity index (χ3n) is 3.96. The molecule has 0 radical (unpaired) electrons. The van der Waals surface area contributed by atoms with E-state index < -0.39 is 9.84 Å². The van der Waals surface area contributed by atoms with Crippen molar-refractivity contribution < 1.29 is 18.3 Å². The lowest BCUT2D eigenvalue weighted by atomic mass is 9.92. The molecule has 1 heterocycles. The van der Waals surface area contributed by atoms with Crippen molar-refractivity contribution in [1.82, 2.24) is 5.32 Å². The Labute approximate surface area is 130 Å². The molecule has 0 unspecified atom stereocenters. The molecule has 1 amide bonds. The van der Waals surface area contributed by atoms with Crippen molar-refractivity contribution in [3.63, 3.8) is 0 Å². The lowest BCUT2D eigenvalue weighted by molar-refractivity contribution is -0.120. The fraction of sp³-hybridized carbons (Fsp3) is 0.533. The summed E-state index contributed by atoms with van der Waals surface area (Å²) in [4.78, 5) is 12.4. The normalized spacial score (nSPS) is 22.3. The second-order valence-electron chi connectivity index (χ2n) is 5.65. The number of nitrogens with one attached hydrogen (secondary N) is 2. The molecule has 3 N–H and O–H groups in total.